The van der Waals surface area contributed by atoms with Crippen LogP contribution in [0.4, 0.5) is 4.39 Å². The molecule has 0 aromatic heterocycles. The van der Waals surface area contributed by atoms with E-state index in [1.54, 1.807) is 0 Å². The van der Waals surface area contributed by atoms with Crippen molar-refractivity contribution in [2.75, 3.05) is 0 Å². The summed E-state index contributed by atoms with van der Waals surface area (Å²) in [4.78, 5) is 0. The molecule has 1 aliphatic carbocycles. The van der Waals surface area contributed by atoms with Gasteiger partial charge in [-0.15, -0.1) is 0 Å². The van der Waals surface area contributed by atoms with Crippen LogP contribution in [0, 0.1) is 23.1 Å². The van der Waals surface area contributed by atoms with Gasteiger partial charge in [0.2, 0.25) is 0 Å². The molecule has 0 amide bonds. The Morgan fingerprint density at radius 1 is 1.28 bits per heavy atom. The van der Waals surface area contributed by atoms with Gasteiger partial charge in [0.15, 0.2) is 0 Å². The number of halogens is 1. The Balaban J connectivity index is 2.21. The molecule has 1 heteroatoms. The molecule has 0 saturated heterocycles. The second-order valence-electron chi connectivity index (χ2n) is 6.73. The third kappa shape index (κ3) is 3.13. The fraction of sp³-hybridized carbons (Fsp3) is 0.529. The number of benzene rings is 1. The van der Waals surface area contributed by atoms with Crippen LogP contribution in [0.2, 0.25) is 0 Å². The van der Waals surface area contributed by atoms with Crippen molar-refractivity contribution in [2.24, 2.45) is 5.41 Å². The lowest BCUT2D eigenvalue weighted by atomic mass is 9.86. The summed E-state index contributed by atoms with van der Waals surface area (Å²) < 4.78 is 13.7. The highest BCUT2D eigenvalue weighted by Crippen LogP contribution is 2.47. The van der Waals surface area contributed by atoms with Crippen molar-refractivity contribution in [2.45, 2.75) is 52.4 Å². The van der Waals surface area contributed by atoms with Gasteiger partial charge in [-0.1, -0.05) is 45.6 Å². The van der Waals surface area contributed by atoms with E-state index in [9.17, 15) is 4.39 Å². The van der Waals surface area contributed by atoms with Gasteiger partial charge in [-0.2, -0.15) is 0 Å². The van der Waals surface area contributed by atoms with Gasteiger partial charge in [-0.05, 0) is 41.4 Å². The molecule has 0 spiro atoms. The van der Waals surface area contributed by atoms with E-state index in [4.69, 9.17) is 0 Å². The van der Waals surface area contributed by atoms with Gasteiger partial charge in [-0.3, -0.25) is 0 Å². The maximum absolute atomic E-state index is 13.7. The van der Waals surface area contributed by atoms with Gasteiger partial charge in [0, 0.05) is 6.42 Å². The number of hydrogen-bond donors (Lipinski definition) is 0. The molecule has 1 saturated carbocycles. The molecular formula is C17H21F. The van der Waals surface area contributed by atoms with Crippen LogP contribution in [-0.4, -0.2) is 0 Å². The Kier molecular flexibility index (Phi) is 3.23. The third-order valence-electron chi connectivity index (χ3n) is 3.67. The fourth-order valence-corrected chi connectivity index (χ4v) is 1.83. The van der Waals surface area contributed by atoms with Crippen molar-refractivity contribution in [3.63, 3.8) is 0 Å². The van der Waals surface area contributed by atoms with Crippen LogP contribution < -0.4 is 0 Å². The minimum atomic E-state index is -0.212. The largest absolute Gasteiger partial charge is 0.206 e. The first kappa shape index (κ1) is 13.1. The normalized spacial score (nSPS) is 16.9. The van der Waals surface area contributed by atoms with E-state index >= 15 is 0 Å². The van der Waals surface area contributed by atoms with Crippen molar-refractivity contribution in [3.8, 4) is 11.8 Å². The van der Waals surface area contributed by atoms with E-state index in [1.807, 2.05) is 12.1 Å². The van der Waals surface area contributed by atoms with Crippen LogP contribution in [-0.2, 0) is 5.41 Å². The van der Waals surface area contributed by atoms with Crippen LogP contribution in [0.5, 0.6) is 0 Å². The summed E-state index contributed by atoms with van der Waals surface area (Å²) in [6.07, 6.45) is 3.39. The average molecular weight is 244 g/mol. The summed E-state index contributed by atoms with van der Waals surface area (Å²) in [6.45, 7) is 8.62. The average Bonchev–Trinajstić information content (AvgIpc) is 2.98. The van der Waals surface area contributed by atoms with Gasteiger partial charge in [0.1, 0.15) is 5.82 Å². The van der Waals surface area contributed by atoms with Gasteiger partial charge in [-0.25, -0.2) is 4.39 Å². The first-order chi connectivity index (χ1) is 8.30. The quantitative estimate of drug-likeness (QED) is 0.630. The summed E-state index contributed by atoms with van der Waals surface area (Å²) in [6, 6.07) is 5.27. The first-order valence-corrected chi connectivity index (χ1v) is 6.59. The van der Waals surface area contributed by atoms with E-state index in [0.29, 0.717) is 11.0 Å². The molecule has 0 aliphatic heterocycles. The fourth-order valence-electron chi connectivity index (χ4n) is 1.83. The lowest BCUT2D eigenvalue weighted by Crippen LogP contribution is -2.11. The van der Waals surface area contributed by atoms with Gasteiger partial charge < -0.3 is 0 Å². The molecule has 0 bridgehead atoms. The Hall–Kier alpha value is -1.29. The van der Waals surface area contributed by atoms with Gasteiger partial charge in [0.05, 0.1) is 5.56 Å². The van der Waals surface area contributed by atoms with Crippen LogP contribution in [0.15, 0.2) is 18.2 Å². The second kappa shape index (κ2) is 4.43. The first-order valence-electron chi connectivity index (χ1n) is 6.59. The highest BCUT2D eigenvalue weighted by atomic mass is 19.1. The smallest absolute Gasteiger partial charge is 0.138 e. The zero-order chi connectivity index (χ0) is 13.4. The predicted molar refractivity (Wildman–Crippen MR) is 73.9 cm³/mol. The van der Waals surface area contributed by atoms with Crippen LogP contribution in [0.3, 0.4) is 0 Å². The van der Waals surface area contributed by atoms with E-state index in [2.05, 4.69) is 39.5 Å². The monoisotopic (exact) mass is 244 g/mol. The highest BCUT2D eigenvalue weighted by molar-refractivity contribution is 5.40. The molecule has 0 radical (unpaired) electrons. The maximum atomic E-state index is 13.7. The molecule has 1 aliphatic rings. The van der Waals surface area contributed by atoms with E-state index in [1.165, 1.54) is 18.9 Å². The molecule has 1 fully saturated rings. The molecule has 1 aromatic rings. The number of rotatable bonds is 1. The molecule has 18 heavy (non-hydrogen) atoms. The topological polar surface area (TPSA) is 0 Å². The van der Waals surface area contributed by atoms with Crippen LogP contribution >= 0.6 is 0 Å². The minimum absolute atomic E-state index is 0.0343. The molecule has 0 unspecified atom stereocenters. The summed E-state index contributed by atoms with van der Waals surface area (Å²) in [7, 11) is 0. The molecule has 96 valence electrons. The third-order valence-corrected chi connectivity index (χ3v) is 3.67. The number of hydrogen-bond acceptors (Lipinski definition) is 0. The van der Waals surface area contributed by atoms with Crippen molar-refractivity contribution >= 4 is 0 Å². The lowest BCUT2D eigenvalue weighted by molar-refractivity contribution is 0.581. The van der Waals surface area contributed by atoms with Gasteiger partial charge >= 0.3 is 0 Å². The van der Waals surface area contributed by atoms with Crippen molar-refractivity contribution in [1.82, 2.24) is 0 Å². The zero-order valence-electron chi connectivity index (χ0n) is 11.7. The lowest BCUT2D eigenvalue weighted by Gasteiger charge is -2.19. The second-order valence-corrected chi connectivity index (χ2v) is 6.73. The Morgan fingerprint density at radius 3 is 2.50 bits per heavy atom. The zero-order valence-corrected chi connectivity index (χ0v) is 11.7. The van der Waals surface area contributed by atoms with Crippen LogP contribution in [0.25, 0.3) is 0 Å². The van der Waals surface area contributed by atoms with Crippen LogP contribution in [0.1, 0.15) is 58.1 Å². The predicted octanol–water partition coefficient (Wildman–Crippen LogP) is 4.66. The van der Waals surface area contributed by atoms with Crippen molar-refractivity contribution in [1.29, 1.82) is 0 Å². The molecule has 0 N–H and O–H groups in total. The Labute approximate surface area is 110 Å². The summed E-state index contributed by atoms with van der Waals surface area (Å²) in [5.41, 5.74) is 2.11. The molecule has 0 nitrogen and oxygen atoms in total. The molecule has 0 atom stereocenters. The molecule has 2 rings (SSSR count). The molecule has 0 heterocycles. The maximum Gasteiger partial charge on any atom is 0.138 e. The molecular weight excluding hydrogens is 223 g/mol. The van der Waals surface area contributed by atoms with E-state index < -0.39 is 0 Å². The van der Waals surface area contributed by atoms with E-state index in [0.717, 1.165) is 12.0 Å². The SMILES string of the molecule is CC1(CC#Cc2cc(C(C)(C)C)ccc2F)CC1. The standard InChI is InChI=1S/C17H21F/c1-16(2,3)14-7-8-15(18)13(12-14)6-5-9-17(4)10-11-17/h7-8,12H,9-11H2,1-4H3. The summed E-state index contributed by atoms with van der Waals surface area (Å²) in [5.74, 6) is 5.92. The van der Waals surface area contributed by atoms with E-state index in [-0.39, 0.29) is 11.2 Å². The highest BCUT2D eigenvalue weighted by Gasteiger charge is 2.35. The van der Waals surface area contributed by atoms with Crippen molar-refractivity contribution < 1.29 is 4.39 Å². The van der Waals surface area contributed by atoms with Crippen molar-refractivity contribution in [3.05, 3.63) is 35.1 Å². The molecule has 1 aromatic carbocycles. The minimum Gasteiger partial charge on any atom is -0.206 e. The Bertz CT molecular complexity index is 505. The summed E-state index contributed by atoms with van der Waals surface area (Å²) >= 11 is 0. The summed E-state index contributed by atoms with van der Waals surface area (Å²) in [5, 5.41) is 0. The van der Waals surface area contributed by atoms with Gasteiger partial charge in [0.25, 0.3) is 0 Å². The Morgan fingerprint density at radius 2 is 1.94 bits per heavy atom.